The standard InChI is InChI=1S/C10H14S/c1-8(2)11-10-6-4-5-9(3)7-10/h4-8H,1-3H3. The molecule has 1 aromatic rings. The van der Waals surface area contributed by atoms with Crippen molar-refractivity contribution in [3.05, 3.63) is 29.8 Å². The lowest BCUT2D eigenvalue weighted by atomic mass is 10.2. The number of hydrogen-bond donors (Lipinski definition) is 0. The third kappa shape index (κ3) is 2.98. The molecule has 0 N–H and O–H groups in total. The fraction of sp³-hybridized carbons (Fsp3) is 0.400. The fourth-order valence-electron chi connectivity index (χ4n) is 0.961. The van der Waals surface area contributed by atoms with E-state index in [9.17, 15) is 0 Å². The normalized spacial score (nSPS) is 10.5. The third-order valence-electron chi connectivity index (χ3n) is 1.36. The summed E-state index contributed by atoms with van der Waals surface area (Å²) in [7, 11) is 0. The molecule has 0 aromatic heterocycles. The van der Waals surface area contributed by atoms with Crippen molar-refractivity contribution in [1.29, 1.82) is 0 Å². The van der Waals surface area contributed by atoms with Crippen LogP contribution in [0.15, 0.2) is 29.2 Å². The number of hydrogen-bond acceptors (Lipinski definition) is 1. The second-order valence-corrected chi connectivity index (χ2v) is 4.63. The average Bonchev–Trinajstić information content (AvgIpc) is 1.85. The molecule has 1 rings (SSSR count). The molecule has 1 heteroatoms. The zero-order chi connectivity index (χ0) is 8.27. The van der Waals surface area contributed by atoms with Crippen LogP contribution in [0.25, 0.3) is 0 Å². The van der Waals surface area contributed by atoms with Gasteiger partial charge in [-0.3, -0.25) is 0 Å². The molecule has 0 saturated carbocycles. The molecule has 60 valence electrons. The highest BCUT2D eigenvalue weighted by Gasteiger charge is 1.96. The molecule has 1 aromatic carbocycles. The first-order valence-electron chi connectivity index (χ1n) is 3.92. The predicted octanol–water partition coefficient (Wildman–Crippen LogP) is 3.50. The molecule has 0 fully saturated rings. The number of thioether (sulfide) groups is 1. The fourth-order valence-corrected chi connectivity index (χ4v) is 1.92. The van der Waals surface area contributed by atoms with Crippen LogP contribution in [0.4, 0.5) is 0 Å². The Kier molecular flexibility index (Phi) is 3.01. The van der Waals surface area contributed by atoms with Crippen LogP contribution in [-0.4, -0.2) is 5.25 Å². The van der Waals surface area contributed by atoms with Gasteiger partial charge in [0.2, 0.25) is 0 Å². The molecule has 0 nitrogen and oxygen atoms in total. The van der Waals surface area contributed by atoms with E-state index in [1.165, 1.54) is 10.5 Å². The van der Waals surface area contributed by atoms with Gasteiger partial charge in [-0.2, -0.15) is 0 Å². The van der Waals surface area contributed by atoms with Crippen LogP contribution >= 0.6 is 11.8 Å². The van der Waals surface area contributed by atoms with Crippen LogP contribution in [0.5, 0.6) is 0 Å². The van der Waals surface area contributed by atoms with Crippen LogP contribution < -0.4 is 0 Å². The van der Waals surface area contributed by atoms with Gasteiger partial charge in [0.05, 0.1) is 0 Å². The molecule has 0 heterocycles. The minimum atomic E-state index is 0.678. The molecule has 0 bridgehead atoms. The molecule has 0 aliphatic heterocycles. The van der Waals surface area contributed by atoms with E-state index in [-0.39, 0.29) is 0 Å². The van der Waals surface area contributed by atoms with Crippen molar-refractivity contribution in [1.82, 2.24) is 0 Å². The van der Waals surface area contributed by atoms with Gasteiger partial charge in [0.25, 0.3) is 0 Å². The van der Waals surface area contributed by atoms with Crippen molar-refractivity contribution in [3.8, 4) is 0 Å². The zero-order valence-corrected chi connectivity index (χ0v) is 8.11. The van der Waals surface area contributed by atoms with Crippen molar-refractivity contribution < 1.29 is 0 Å². The van der Waals surface area contributed by atoms with Crippen molar-refractivity contribution in [3.63, 3.8) is 0 Å². The molecular formula is C10H14S. The first-order valence-corrected chi connectivity index (χ1v) is 4.80. The van der Waals surface area contributed by atoms with Crippen molar-refractivity contribution in [2.75, 3.05) is 0 Å². The molecule has 0 unspecified atom stereocenters. The minimum Gasteiger partial charge on any atom is -0.123 e. The van der Waals surface area contributed by atoms with Gasteiger partial charge >= 0.3 is 0 Å². The third-order valence-corrected chi connectivity index (χ3v) is 2.36. The summed E-state index contributed by atoms with van der Waals surface area (Å²) in [5.74, 6) is 0. The Hall–Kier alpha value is -0.430. The molecule has 0 aliphatic carbocycles. The van der Waals surface area contributed by atoms with Gasteiger partial charge < -0.3 is 0 Å². The summed E-state index contributed by atoms with van der Waals surface area (Å²) in [4.78, 5) is 1.38. The second-order valence-electron chi connectivity index (χ2n) is 2.98. The van der Waals surface area contributed by atoms with Crippen LogP contribution in [0.2, 0.25) is 0 Å². The molecule has 0 spiro atoms. The Balaban J connectivity index is 2.71. The Labute approximate surface area is 73.0 Å². The Morgan fingerprint density at radius 1 is 1.27 bits per heavy atom. The average molecular weight is 166 g/mol. The summed E-state index contributed by atoms with van der Waals surface area (Å²) in [6.45, 7) is 6.56. The largest absolute Gasteiger partial charge is 0.123 e. The molecule has 0 amide bonds. The SMILES string of the molecule is Cc1cccc(SC(C)C)c1. The lowest BCUT2D eigenvalue weighted by molar-refractivity contribution is 1.11. The molecule has 0 saturated heterocycles. The van der Waals surface area contributed by atoms with Gasteiger partial charge in [0, 0.05) is 10.1 Å². The maximum Gasteiger partial charge on any atom is 0.00772 e. The summed E-state index contributed by atoms with van der Waals surface area (Å²) in [5.41, 5.74) is 1.34. The van der Waals surface area contributed by atoms with Gasteiger partial charge in [-0.05, 0) is 19.1 Å². The van der Waals surface area contributed by atoms with Gasteiger partial charge in [-0.1, -0.05) is 31.5 Å². The molecule has 0 radical (unpaired) electrons. The summed E-state index contributed by atoms with van der Waals surface area (Å²) in [6.07, 6.45) is 0. The Morgan fingerprint density at radius 2 is 2.00 bits per heavy atom. The number of benzene rings is 1. The minimum absolute atomic E-state index is 0.678. The maximum atomic E-state index is 2.23. The van der Waals surface area contributed by atoms with E-state index in [0.717, 1.165) is 0 Å². The number of aryl methyl sites for hydroxylation is 1. The Morgan fingerprint density at radius 3 is 2.55 bits per heavy atom. The van der Waals surface area contributed by atoms with Gasteiger partial charge in [-0.15, -0.1) is 11.8 Å². The topological polar surface area (TPSA) is 0 Å². The van der Waals surface area contributed by atoms with Crippen molar-refractivity contribution in [2.45, 2.75) is 30.9 Å². The van der Waals surface area contributed by atoms with Crippen LogP contribution in [0, 0.1) is 6.92 Å². The van der Waals surface area contributed by atoms with E-state index in [2.05, 4.69) is 45.0 Å². The first-order chi connectivity index (χ1) is 5.18. The molecule has 0 aliphatic rings. The van der Waals surface area contributed by atoms with E-state index >= 15 is 0 Å². The van der Waals surface area contributed by atoms with Crippen LogP contribution in [0.1, 0.15) is 19.4 Å². The highest BCUT2D eigenvalue weighted by molar-refractivity contribution is 7.99. The summed E-state index contributed by atoms with van der Waals surface area (Å²) >= 11 is 1.91. The predicted molar refractivity (Wildman–Crippen MR) is 52.2 cm³/mol. The zero-order valence-electron chi connectivity index (χ0n) is 7.29. The highest BCUT2D eigenvalue weighted by atomic mass is 32.2. The number of rotatable bonds is 2. The van der Waals surface area contributed by atoms with Gasteiger partial charge in [0.15, 0.2) is 0 Å². The van der Waals surface area contributed by atoms with E-state index in [0.29, 0.717) is 5.25 Å². The summed E-state index contributed by atoms with van der Waals surface area (Å²) < 4.78 is 0. The molecular weight excluding hydrogens is 152 g/mol. The lowest BCUT2D eigenvalue weighted by Crippen LogP contribution is -1.85. The second kappa shape index (κ2) is 3.82. The summed E-state index contributed by atoms with van der Waals surface area (Å²) in [6, 6.07) is 8.63. The van der Waals surface area contributed by atoms with Crippen molar-refractivity contribution in [2.24, 2.45) is 0 Å². The van der Waals surface area contributed by atoms with Crippen LogP contribution in [-0.2, 0) is 0 Å². The quantitative estimate of drug-likeness (QED) is 0.606. The maximum absolute atomic E-state index is 2.23. The molecule has 11 heavy (non-hydrogen) atoms. The lowest BCUT2D eigenvalue weighted by Gasteiger charge is -2.04. The van der Waals surface area contributed by atoms with Crippen LogP contribution in [0.3, 0.4) is 0 Å². The monoisotopic (exact) mass is 166 g/mol. The van der Waals surface area contributed by atoms with E-state index in [1.54, 1.807) is 0 Å². The van der Waals surface area contributed by atoms with Gasteiger partial charge in [0.1, 0.15) is 0 Å². The van der Waals surface area contributed by atoms with E-state index in [1.807, 2.05) is 11.8 Å². The Bertz CT molecular complexity index is 228. The summed E-state index contributed by atoms with van der Waals surface area (Å²) in [5, 5.41) is 0.678. The van der Waals surface area contributed by atoms with E-state index in [4.69, 9.17) is 0 Å². The van der Waals surface area contributed by atoms with Crippen molar-refractivity contribution >= 4 is 11.8 Å². The first kappa shape index (κ1) is 8.66. The molecule has 0 atom stereocenters. The van der Waals surface area contributed by atoms with E-state index < -0.39 is 0 Å². The van der Waals surface area contributed by atoms with Gasteiger partial charge in [-0.25, -0.2) is 0 Å². The highest BCUT2D eigenvalue weighted by Crippen LogP contribution is 2.22. The smallest absolute Gasteiger partial charge is 0.00772 e.